The molecule has 7 heteroatoms. The maximum Gasteiger partial charge on any atom is 0.245 e. The van der Waals surface area contributed by atoms with Crippen LogP contribution in [0.4, 0.5) is 0 Å². The van der Waals surface area contributed by atoms with Crippen molar-refractivity contribution >= 4 is 37.3 Å². The molecule has 1 N–H and O–H groups in total. The average Bonchev–Trinajstić information content (AvgIpc) is 2.66. The average molecular weight is 368 g/mol. The van der Waals surface area contributed by atoms with Gasteiger partial charge >= 0.3 is 0 Å². The molecule has 1 heterocycles. The summed E-state index contributed by atoms with van der Waals surface area (Å²) in [5.41, 5.74) is -0.548. The molecule has 108 valence electrons. The summed E-state index contributed by atoms with van der Waals surface area (Å²) in [5.74, 6) is 0. The fraction of sp³-hybridized carbons (Fsp3) is 0.500. The number of sulfonamides is 1. The molecule has 0 bridgehead atoms. The summed E-state index contributed by atoms with van der Waals surface area (Å²) in [5, 5.41) is 9.11. The Labute approximate surface area is 126 Å². The highest BCUT2D eigenvalue weighted by atomic mass is 79.9. The summed E-state index contributed by atoms with van der Waals surface area (Å²) in [7, 11) is -3.63. The number of rotatable bonds is 5. The molecule has 1 rings (SSSR count). The van der Waals surface area contributed by atoms with Gasteiger partial charge in [-0.05, 0) is 42.8 Å². The smallest absolute Gasteiger partial charge is 0.245 e. The predicted molar refractivity (Wildman–Crippen MR) is 81.8 cm³/mol. The molecule has 0 aliphatic carbocycles. The van der Waals surface area contributed by atoms with Crippen molar-refractivity contribution in [1.29, 1.82) is 0 Å². The molecule has 0 saturated carbocycles. The van der Waals surface area contributed by atoms with Gasteiger partial charge in [-0.1, -0.05) is 6.08 Å². The molecule has 19 heavy (non-hydrogen) atoms. The first-order chi connectivity index (χ1) is 8.64. The van der Waals surface area contributed by atoms with Gasteiger partial charge in [0.2, 0.25) is 10.0 Å². The highest BCUT2D eigenvalue weighted by Crippen LogP contribution is 2.35. The van der Waals surface area contributed by atoms with Crippen LogP contribution < -0.4 is 0 Å². The van der Waals surface area contributed by atoms with E-state index in [0.717, 1.165) is 0 Å². The third-order valence-electron chi connectivity index (χ3n) is 2.47. The summed E-state index contributed by atoms with van der Waals surface area (Å²) < 4.78 is 27.3. The lowest BCUT2D eigenvalue weighted by atomic mass is 10.1. The Bertz CT molecular complexity index is 558. The number of halogens is 1. The second-order valence-electron chi connectivity index (χ2n) is 5.00. The van der Waals surface area contributed by atoms with Crippen LogP contribution in [0.3, 0.4) is 0 Å². The lowest BCUT2D eigenvalue weighted by Crippen LogP contribution is -2.45. The van der Waals surface area contributed by atoms with Crippen LogP contribution in [-0.4, -0.2) is 29.9 Å². The lowest BCUT2D eigenvalue weighted by Gasteiger charge is -2.33. The van der Waals surface area contributed by atoms with E-state index in [-0.39, 0.29) is 18.0 Å². The number of aliphatic hydroxyl groups excluding tert-OH is 1. The summed E-state index contributed by atoms with van der Waals surface area (Å²) in [6, 6.07) is 1.51. The number of hydrogen-bond donors (Lipinski definition) is 1. The van der Waals surface area contributed by atoms with Gasteiger partial charge in [0.25, 0.3) is 0 Å². The molecule has 0 atom stereocenters. The van der Waals surface area contributed by atoms with Gasteiger partial charge in [0, 0.05) is 17.0 Å². The summed E-state index contributed by atoms with van der Waals surface area (Å²) in [4.78, 5) is 0.802. The van der Waals surface area contributed by atoms with Crippen molar-refractivity contribution in [2.24, 2.45) is 0 Å². The van der Waals surface area contributed by atoms with Crippen LogP contribution in [0.5, 0.6) is 0 Å². The Kier molecular flexibility index (Phi) is 5.36. The molecular formula is C12H18BrNO3S2. The Hall–Kier alpha value is -0.210. The van der Waals surface area contributed by atoms with Crippen molar-refractivity contribution in [3.63, 3.8) is 0 Å². The van der Waals surface area contributed by atoms with Crippen molar-refractivity contribution < 1.29 is 13.5 Å². The number of thiophene rings is 1. The second kappa shape index (κ2) is 6.05. The predicted octanol–water partition coefficient (Wildman–Crippen LogP) is 2.98. The molecule has 0 spiro atoms. The molecule has 0 fully saturated rings. The van der Waals surface area contributed by atoms with Crippen LogP contribution in [0, 0.1) is 0 Å². The van der Waals surface area contributed by atoms with E-state index in [1.807, 2.05) is 20.8 Å². The van der Waals surface area contributed by atoms with Gasteiger partial charge in [0.1, 0.15) is 4.90 Å². The van der Waals surface area contributed by atoms with Crippen molar-refractivity contribution in [2.75, 3.05) is 6.54 Å². The zero-order chi connectivity index (χ0) is 14.8. The fourth-order valence-corrected chi connectivity index (χ4v) is 5.87. The minimum atomic E-state index is -3.63. The molecule has 0 saturated heterocycles. The Morgan fingerprint density at radius 2 is 2.11 bits per heavy atom. The monoisotopic (exact) mass is 367 g/mol. The maximum atomic E-state index is 12.7. The molecule has 0 aliphatic heterocycles. The lowest BCUT2D eigenvalue weighted by molar-refractivity contribution is 0.269. The van der Waals surface area contributed by atoms with Crippen LogP contribution in [0.1, 0.15) is 25.6 Å². The van der Waals surface area contributed by atoms with E-state index in [1.54, 1.807) is 6.08 Å². The van der Waals surface area contributed by atoms with Gasteiger partial charge < -0.3 is 5.11 Å². The maximum absolute atomic E-state index is 12.7. The van der Waals surface area contributed by atoms with E-state index < -0.39 is 15.6 Å². The molecular weight excluding hydrogens is 350 g/mol. The van der Waals surface area contributed by atoms with Crippen molar-refractivity contribution in [3.8, 4) is 0 Å². The van der Waals surface area contributed by atoms with E-state index >= 15 is 0 Å². The molecule has 4 nitrogen and oxygen atoms in total. The number of aliphatic hydroxyl groups is 1. The van der Waals surface area contributed by atoms with E-state index in [4.69, 9.17) is 5.11 Å². The zero-order valence-electron chi connectivity index (χ0n) is 11.2. The minimum Gasteiger partial charge on any atom is -0.391 e. The first-order valence-corrected chi connectivity index (χ1v) is 8.72. The molecule has 1 aromatic heterocycles. The Morgan fingerprint density at radius 3 is 2.47 bits per heavy atom. The topological polar surface area (TPSA) is 57.6 Å². The van der Waals surface area contributed by atoms with Crippen LogP contribution in [0.15, 0.2) is 27.4 Å². The first kappa shape index (κ1) is 16.8. The normalized spacial score (nSPS) is 12.9. The van der Waals surface area contributed by atoms with Crippen LogP contribution in [0.2, 0.25) is 0 Å². The SMILES string of the molecule is C=CCN(C(C)(C)C)S(=O)(=O)c1cc(CO)sc1Br. The summed E-state index contributed by atoms with van der Waals surface area (Å²) in [6.45, 7) is 9.18. The van der Waals surface area contributed by atoms with E-state index in [1.165, 1.54) is 21.7 Å². The molecule has 0 aromatic carbocycles. The van der Waals surface area contributed by atoms with Crippen molar-refractivity contribution in [2.45, 2.75) is 37.8 Å². The second-order valence-corrected chi connectivity index (χ2v) is 9.29. The minimum absolute atomic E-state index is 0.171. The molecule has 0 radical (unpaired) electrons. The molecule has 0 unspecified atom stereocenters. The van der Waals surface area contributed by atoms with Crippen LogP contribution in [0.25, 0.3) is 0 Å². The van der Waals surface area contributed by atoms with Crippen LogP contribution in [-0.2, 0) is 16.6 Å². The first-order valence-electron chi connectivity index (χ1n) is 5.67. The zero-order valence-corrected chi connectivity index (χ0v) is 14.4. The van der Waals surface area contributed by atoms with E-state index in [0.29, 0.717) is 8.66 Å². The summed E-state index contributed by atoms with van der Waals surface area (Å²) in [6.07, 6.45) is 1.57. The quantitative estimate of drug-likeness (QED) is 0.813. The van der Waals surface area contributed by atoms with Crippen molar-refractivity contribution in [1.82, 2.24) is 4.31 Å². The largest absolute Gasteiger partial charge is 0.391 e. The van der Waals surface area contributed by atoms with Gasteiger partial charge in [0.15, 0.2) is 0 Å². The molecule has 0 amide bonds. The van der Waals surface area contributed by atoms with E-state index in [9.17, 15) is 8.42 Å². The van der Waals surface area contributed by atoms with Crippen molar-refractivity contribution in [3.05, 3.63) is 27.4 Å². The molecule has 0 aliphatic rings. The molecule has 1 aromatic rings. The summed E-state index contributed by atoms with van der Waals surface area (Å²) >= 11 is 4.48. The highest BCUT2D eigenvalue weighted by molar-refractivity contribution is 9.11. The van der Waals surface area contributed by atoms with Gasteiger partial charge in [-0.3, -0.25) is 0 Å². The standard InChI is InChI=1S/C12H18BrNO3S2/c1-5-6-14(12(2,3)4)19(16,17)10-7-9(8-15)18-11(10)13/h5,7,15H,1,6,8H2,2-4H3. The van der Waals surface area contributed by atoms with E-state index in [2.05, 4.69) is 22.5 Å². The third kappa shape index (κ3) is 3.66. The Balaban J connectivity index is 3.34. The van der Waals surface area contributed by atoms with Gasteiger partial charge in [-0.2, -0.15) is 4.31 Å². The van der Waals surface area contributed by atoms with Gasteiger partial charge in [-0.25, -0.2) is 8.42 Å². The van der Waals surface area contributed by atoms with Crippen LogP contribution >= 0.6 is 27.3 Å². The number of nitrogens with zero attached hydrogens (tertiary/aromatic N) is 1. The highest BCUT2D eigenvalue weighted by Gasteiger charge is 2.35. The third-order valence-corrected chi connectivity index (χ3v) is 6.84. The number of hydrogen-bond acceptors (Lipinski definition) is 4. The van der Waals surface area contributed by atoms with Gasteiger partial charge in [0.05, 0.1) is 10.4 Å². The Morgan fingerprint density at radius 1 is 1.53 bits per heavy atom. The fourth-order valence-electron chi connectivity index (χ4n) is 1.62. The van der Waals surface area contributed by atoms with Gasteiger partial charge in [-0.15, -0.1) is 17.9 Å².